The van der Waals surface area contributed by atoms with Crippen LogP contribution in [-0.2, 0) is 27.2 Å². The number of carboxylic acid groups (broad SMARTS) is 1. The maximum absolute atomic E-state index is 12.0. The first-order valence-electron chi connectivity index (χ1n) is 6.87. The summed E-state index contributed by atoms with van der Waals surface area (Å²) in [7, 11) is 1.30. The lowest BCUT2D eigenvalue weighted by molar-refractivity contribution is -0.131. The number of thiophene rings is 1. The zero-order chi connectivity index (χ0) is 16.3. The number of hydrogen-bond donors (Lipinski definition) is 2. The van der Waals surface area contributed by atoms with Gasteiger partial charge >= 0.3 is 11.9 Å². The summed E-state index contributed by atoms with van der Waals surface area (Å²) < 4.78 is 4.81. The Morgan fingerprint density at radius 1 is 1.36 bits per heavy atom. The van der Waals surface area contributed by atoms with Crippen LogP contribution < -0.4 is 5.32 Å². The predicted molar refractivity (Wildman–Crippen MR) is 82.3 cm³/mol. The van der Waals surface area contributed by atoms with Gasteiger partial charge in [-0.2, -0.15) is 0 Å². The molecule has 0 radical (unpaired) electrons. The first-order chi connectivity index (χ1) is 10.4. The molecule has 1 atom stereocenters. The van der Waals surface area contributed by atoms with Crippen LogP contribution in [0.2, 0.25) is 0 Å². The van der Waals surface area contributed by atoms with Crippen molar-refractivity contribution < 1.29 is 24.2 Å². The number of ether oxygens (including phenoxy) is 1. The summed E-state index contributed by atoms with van der Waals surface area (Å²) in [6.07, 6.45) is 4.30. The van der Waals surface area contributed by atoms with Crippen molar-refractivity contribution in [3.8, 4) is 0 Å². The molecule has 0 saturated carbocycles. The second-order valence-electron chi connectivity index (χ2n) is 5.21. The van der Waals surface area contributed by atoms with Crippen molar-refractivity contribution in [1.29, 1.82) is 0 Å². The third-order valence-electron chi connectivity index (χ3n) is 3.52. The van der Waals surface area contributed by atoms with Crippen LogP contribution >= 0.6 is 11.3 Å². The zero-order valence-electron chi connectivity index (χ0n) is 12.3. The molecule has 1 amide bonds. The number of aliphatic carboxylic acids is 1. The third kappa shape index (κ3) is 3.54. The van der Waals surface area contributed by atoms with Gasteiger partial charge in [-0.05, 0) is 30.7 Å². The molecule has 1 aromatic heterocycles. The minimum Gasteiger partial charge on any atom is -0.478 e. The molecule has 1 aliphatic carbocycles. The van der Waals surface area contributed by atoms with Gasteiger partial charge < -0.3 is 15.2 Å². The molecule has 0 spiro atoms. The number of carbonyl (C=O) groups excluding carboxylic acids is 2. The summed E-state index contributed by atoms with van der Waals surface area (Å²) in [5, 5.41) is 11.5. The van der Waals surface area contributed by atoms with Gasteiger partial charge in [0, 0.05) is 17.0 Å². The van der Waals surface area contributed by atoms with Gasteiger partial charge in [-0.15, -0.1) is 11.3 Å². The minimum atomic E-state index is -1.21. The lowest BCUT2D eigenvalue weighted by Crippen LogP contribution is -2.15. The quantitative estimate of drug-likeness (QED) is 0.655. The number of anilines is 1. The van der Waals surface area contributed by atoms with Crippen LogP contribution in [0.5, 0.6) is 0 Å². The molecule has 6 nitrogen and oxygen atoms in total. The Morgan fingerprint density at radius 3 is 2.73 bits per heavy atom. The number of carbonyl (C=O) groups is 3. The molecule has 0 saturated heterocycles. The van der Waals surface area contributed by atoms with Crippen molar-refractivity contribution in [3.05, 3.63) is 28.2 Å². The molecule has 0 fully saturated rings. The molecule has 0 unspecified atom stereocenters. The Balaban J connectivity index is 2.32. The molecular weight excluding hydrogens is 306 g/mol. The van der Waals surface area contributed by atoms with E-state index in [1.54, 1.807) is 0 Å². The SMILES string of the molecule is COC(=O)c1c(NC(=O)C=CC(=O)O)sc2c1CC[C@@H](C)C2. The monoisotopic (exact) mass is 323 g/mol. The highest BCUT2D eigenvalue weighted by atomic mass is 32.1. The average Bonchev–Trinajstić information content (AvgIpc) is 2.81. The highest BCUT2D eigenvalue weighted by molar-refractivity contribution is 7.17. The van der Waals surface area contributed by atoms with Crippen LogP contribution in [0.1, 0.15) is 34.1 Å². The second-order valence-corrected chi connectivity index (χ2v) is 6.31. The number of hydrogen-bond acceptors (Lipinski definition) is 5. The summed E-state index contributed by atoms with van der Waals surface area (Å²) in [6, 6.07) is 0. The fourth-order valence-corrected chi connectivity index (χ4v) is 3.86. The topological polar surface area (TPSA) is 92.7 Å². The molecule has 0 aromatic carbocycles. The van der Waals surface area contributed by atoms with E-state index in [0.29, 0.717) is 16.5 Å². The Hall–Kier alpha value is -2.15. The Morgan fingerprint density at radius 2 is 2.09 bits per heavy atom. The second kappa shape index (κ2) is 6.74. The van der Waals surface area contributed by atoms with E-state index in [1.165, 1.54) is 18.4 Å². The minimum absolute atomic E-state index is 0.395. The molecule has 1 aromatic rings. The van der Waals surface area contributed by atoms with E-state index in [9.17, 15) is 14.4 Å². The van der Waals surface area contributed by atoms with E-state index in [4.69, 9.17) is 9.84 Å². The Labute approximate surface area is 131 Å². The number of esters is 1. The van der Waals surface area contributed by atoms with Crippen LogP contribution in [0.4, 0.5) is 5.00 Å². The van der Waals surface area contributed by atoms with Crippen LogP contribution in [0.3, 0.4) is 0 Å². The molecule has 22 heavy (non-hydrogen) atoms. The van der Waals surface area contributed by atoms with Crippen molar-refractivity contribution in [2.45, 2.75) is 26.2 Å². The third-order valence-corrected chi connectivity index (χ3v) is 4.68. The zero-order valence-corrected chi connectivity index (χ0v) is 13.2. The van der Waals surface area contributed by atoms with E-state index in [0.717, 1.165) is 41.9 Å². The maximum atomic E-state index is 12.0. The summed E-state index contributed by atoms with van der Waals surface area (Å²) in [5.74, 6) is -1.74. The molecule has 1 heterocycles. The number of carboxylic acids is 1. The van der Waals surface area contributed by atoms with Gasteiger partial charge in [-0.3, -0.25) is 4.79 Å². The summed E-state index contributed by atoms with van der Waals surface area (Å²) in [4.78, 5) is 35.3. The summed E-state index contributed by atoms with van der Waals surface area (Å²) in [5.41, 5.74) is 1.33. The summed E-state index contributed by atoms with van der Waals surface area (Å²) in [6.45, 7) is 2.15. The van der Waals surface area contributed by atoms with Gasteiger partial charge in [0.05, 0.1) is 12.7 Å². The van der Waals surface area contributed by atoms with E-state index in [1.807, 2.05) is 0 Å². The predicted octanol–water partition coefficient (Wildman–Crippen LogP) is 2.24. The molecule has 2 rings (SSSR count). The maximum Gasteiger partial charge on any atom is 0.341 e. The largest absolute Gasteiger partial charge is 0.478 e. The summed E-state index contributed by atoms with van der Waals surface area (Å²) >= 11 is 1.36. The molecule has 2 N–H and O–H groups in total. The van der Waals surface area contributed by atoms with E-state index >= 15 is 0 Å². The standard InChI is InChI=1S/C15H17NO5S/c1-8-3-4-9-10(7-8)22-14(13(9)15(20)21-2)16-11(17)5-6-12(18)19/h5-6,8H,3-4,7H2,1-2H3,(H,16,17)(H,18,19)/t8-/m1/s1. The lowest BCUT2D eigenvalue weighted by Gasteiger charge is -2.18. The van der Waals surface area contributed by atoms with E-state index in [2.05, 4.69) is 12.2 Å². The molecular formula is C15H17NO5S. The van der Waals surface area contributed by atoms with Crippen LogP contribution in [0, 0.1) is 5.92 Å². The van der Waals surface area contributed by atoms with Crippen molar-refractivity contribution in [1.82, 2.24) is 0 Å². The number of methoxy groups -OCH3 is 1. The van der Waals surface area contributed by atoms with Crippen molar-refractivity contribution in [2.75, 3.05) is 12.4 Å². The fourth-order valence-electron chi connectivity index (χ4n) is 2.46. The van der Waals surface area contributed by atoms with Crippen LogP contribution in [0.15, 0.2) is 12.2 Å². The first-order valence-corrected chi connectivity index (χ1v) is 7.68. The first kappa shape index (κ1) is 16.2. The van der Waals surface area contributed by atoms with Crippen molar-refractivity contribution in [3.63, 3.8) is 0 Å². The number of amides is 1. The van der Waals surface area contributed by atoms with Gasteiger partial charge in [-0.1, -0.05) is 6.92 Å². The van der Waals surface area contributed by atoms with Crippen molar-refractivity contribution >= 4 is 34.2 Å². The Bertz CT molecular complexity index is 647. The molecule has 0 bridgehead atoms. The van der Waals surface area contributed by atoms with Crippen LogP contribution in [-0.4, -0.2) is 30.1 Å². The van der Waals surface area contributed by atoms with Gasteiger partial charge in [-0.25, -0.2) is 9.59 Å². The van der Waals surface area contributed by atoms with Gasteiger partial charge in [0.2, 0.25) is 5.91 Å². The van der Waals surface area contributed by atoms with E-state index < -0.39 is 17.8 Å². The highest BCUT2D eigenvalue weighted by Gasteiger charge is 2.28. The number of rotatable bonds is 4. The van der Waals surface area contributed by atoms with Gasteiger partial charge in [0.15, 0.2) is 0 Å². The van der Waals surface area contributed by atoms with Crippen LogP contribution in [0.25, 0.3) is 0 Å². The molecule has 118 valence electrons. The van der Waals surface area contributed by atoms with Gasteiger partial charge in [0.1, 0.15) is 5.00 Å². The van der Waals surface area contributed by atoms with Gasteiger partial charge in [0.25, 0.3) is 0 Å². The van der Waals surface area contributed by atoms with E-state index in [-0.39, 0.29) is 0 Å². The normalized spacial score (nSPS) is 17.1. The lowest BCUT2D eigenvalue weighted by atomic mass is 9.88. The average molecular weight is 323 g/mol. The smallest absolute Gasteiger partial charge is 0.341 e. The number of fused-ring (bicyclic) bond motifs is 1. The molecule has 0 aliphatic heterocycles. The molecule has 1 aliphatic rings. The fraction of sp³-hybridized carbons (Fsp3) is 0.400. The highest BCUT2D eigenvalue weighted by Crippen LogP contribution is 2.39. The van der Waals surface area contributed by atoms with Crippen molar-refractivity contribution in [2.24, 2.45) is 5.92 Å². The molecule has 7 heteroatoms. The number of nitrogens with one attached hydrogen (secondary N) is 1. The Kier molecular flexibility index (Phi) is 4.97.